The number of hydrogen-bond donors (Lipinski definition) is 1. The SMILES string of the molecule is CNC1c2ccccc2CCC1SC1CCCC(C)C1. The van der Waals surface area contributed by atoms with Gasteiger partial charge in [-0.1, -0.05) is 44.0 Å². The molecule has 3 rings (SSSR count). The van der Waals surface area contributed by atoms with Crippen molar-refractivity contribution in [3.05, 3.63) is 35.4 Å². The summed E-state index contributed by atoms with van der Waals surface area (Å²) in [6.07, 6.45) is 8.33. The number of nitrogens with one attached hydrogen (secondary N) is 1. The smallest absolute Gasteiger partial charge is 0.0441 e. The van der Waals surface area contributed by atoms with Gasteiger partial charge >= 0.3 is 0 Å². The summed E-state index contributed by atoms with van der Waals surface area (Å²) in [5.41, 5.74) is 3.10. The Kier molecular flexibility index (Phi) is 4.72. The van der Waals surface area contributed by atoms with Gasteiger partial charge in [-0.15, -0.1) is 0 Å². The molecule has 0 amide bonds. The Hall–Kier alpha value is -0.470. The Morgan fingerprint density at radius 3 is 2.80 bits per heavy atom. The predicted molar refractivity (Wildman–Crippen MR) is 89.4 cm³/mol. The molecule has 0 bridgehead atoms. The highest BCUT2D eigenvalue weighted by atomic mass is 32.2. The summed E-state index contributed by atoms with van der Waals surface area (Å²) < 4.78 is 0. The van der Waals surface area contributed by atoms with Crippen molar-refractivity contribution in [3.8, 4) is 0 Å². The second-order valence-electron chi connectivity index (χ2n) is 6.57. The second-order valence-corrected chi connectivity index (χ2v) is 8.12. The van der Waals surface area contributed by atoms with Crippen molar-refractivity contribution < 1.29 is 0 Å². The first kappa shape index (κ1) is 14.5. The summed E-state index contributed by atoms with van der Waals surface area (Å²) in [6.45, 7) is 2.43. The maximum atomic E-state index is 3.59. The van der Waals surface area contributed by atoms with E-state index in [0.29, 0.717) is 6.04 Å². The van der Waals surface area contributed by atoms with E-state index in [0.717, 1.165) is 16.4 Å². The Morgan fingerprint density at radius 2 is 2.00 bits per heavy atom. The van der Waals surface area contributed by atoms with Crippen LogP contribution in [0, 0.1) is 5.92 Å². The molecule has 2 aliphatic carbocycles. The van der Waals surface area contributed by atoms with E-state index in [1.807, 2.05) is 0 Å². The van der Waals surface area contributed by atoms with Gasteiger partial charge in [0.05, 0.1) is 0 Å². The number of rotatable bonds is 3. The number of aryl methyl sites for hydroxylation is 1. The first-order valence-corrected chi connectivity index (χ1v) is 9.12. The molecule has 1 aromatic carbocycles. The maximum Gasteiger partial charge on any atom is 0.0441 e. The molecule has 0 heterocycles. The molecule has 0 saturated heterocycles. The molecule has 4 atom stereocenters. The molecule has 1 aromatic rings. The molecule has 0 aliphatic heterocycles. The fourth-order valence-corrected chi connectivity index (χ4v) is 5.90. The molecule has 0 aromatic heterocycles. The quantitative estimate of drug-likeness (QED) is 0.874. The summed E-state index contributed by atoms with van der Waals surface area (Å²) >= 11 is 2.28. The van der Waals surface area contributed by atoms with Gasteiger partial charge in [-0.2, -0.15) is 11.8 Å². The minimum absolute atomic E-state index is 0.544. The average Bonchev–Trinajstić information content (AvgIpc) is 2.47. The summed E-state index contributed by atoms with van der Waals surface area (Å²) in [5, 5.41) is 5.24. The predicted octanol–water partition coefficient (Wildman–Crippen LogP) is 4.57. The molecule has 2 aliphatic rings. The Morgan fingerprint density at radius 1 is 1.15 bits per heavy atom. The van der Waals surface area contributed by atoms with Crippen molar-refractivity contribution in [3.63, 3.8) is 0 Å². The molecule has 0 spiro atoms. The highest BCUT2D eigenvalue weighted by Gasteiger charge is 2.31. The minimum Gasteiger partial charge on any atom is -0.312 e. The molecule has 1 saturated carbocycles. The molecule has 110 valence electrons. The van der Waals surface area contributed by atoms with Crippen LogP contribution in [0.25, 0.3) is 0 Å². The molecule has 0 radical (unpaired) electrons. The summed E-state index contributed by atoms with van der Waals surface area (Å²) in [4.78, 5) is 0. The topological polar surface area (TPSA) is 12.0 Å². The molecule has 4 unspecified atom stereocenters. The van der Waals surface area contributed by atoms with Gasteiger partial charge in [0.15, 0.2) is 0 Å². The zero-order valence-corrected chi connectivity index (χ0v) is 13.6. The van der Waals surface area contributed by atoms with Crippen LogP contribution in [0.5, 0.6) is 0 Å². The van der Waals surface area contributed by atoms with E-state index < -0.39 is 0 Å². The fourth-order valence-electron chi connectivity index (χ4n) is 3.97. The molecule has 20 heavy (non-hydrogen) atoms. The molecular formula is C18H27NS. The monoisotopic (exact) mass is 289 g/mol. The van der Waals surface area contributed by atoms with Gasteiger partial charge in [-0.3, -0.25) is 0 Å². The van der Waals surface area contributed by atoms with Crippen LogP contribution in [-0.4, -0.2) is 17.5 Å². The van der Waals surface area contributed by atoms with Crippen LogP contribution in [0.1, 0.15) is 56.2 Å². The van der Waals surface area contributed by atoms with E-state index in [1.54, 1.807) is 11.1 Å². The third-order valence-corrected chi connectivity index (χ3v) is 6.70. The fraction of sp³-hybridized carbons (Fsp3) is 0.667. The zero-order chi connectivity index (χ0) is 13.9. The van der Waals surface area contributed by atoms with Crippen LogP contribution in [0.15, 0.2) is 24.3 Å². The van der Waals surface area contributed by atoms with Crippen LogP contribution in [0.3, 0.4) is 0 Å². The van der Waals surface area contributed by atoms with Crippen LogP contribution in [0.2, 0.25) is 0 Å². The summed E-state index contributed by atoms with van der Waals surface area (Å²) in [6, 6.07) is 9.55. The third kappa shape index (κ3) is 3.07. The molecular weight excluding hydrogens is 262 g/mol. The maximum absolute atomic E-state index is 3.59. The zero-order valence-electron chi connectivity index (χ0n) is 12.8. The Labute approximate surface area is 127 Å². The lowest BCUT2D eigenvalue weighted by molar-refractivity contribution is 0.391. The normalized spacial score (nSPS) is 33.7. The molecule has 1 nitrogen and oxygen atoms in total. The minimum atomic E-state index is 0.544. The van der Waals surface area contributed by atoms with Crippen LogP contribution in [-0.2, 0) is 6.42 Å². The largest absolute Gasteiger partial charge is 0.312 e. The van der Waals surface area contributed by atoms with Gasteiger partial charge in [-0.25, -0.2) is 0 Å². The number of hydrogen-bond acceptors (Lipinski definition) is 2. The van der Waals surface area contributed by atoms with E-state index in [4.69, 9.17) is 0 Å². The van der Waals surface area contributed by atoms with E-state index in [9.17, 15) is 0 Å². The highest BCUT2D eigenvalue weighted by molar-refractivity contribution is 8.00. The number of benzene rings is 1. The molecule has 1 fully saturated rings. The lowest BCUT2D eigenvalue weighted by Gasteiger charge is -2.37. The van der Waals surface area contributed by atoms with Gasteiger partial charge in [0, 0.05) is 16.5 Å². The summed E-state index contributed by atoms with van der Waals surface area (Å²) in [7, 11) is 2.13. The van der Waals surface area contributed by atoms with Crippen LogP contribution < -0.4 is 5.32 Å². The van der Waals surface area contributed by atoms with E-state index in [-0.39, 0.29) is 0 Å². The van der Waals surface area contributed by atoms with Crippen molar-refractivity contribution in [2.24, 2.45) is 5.92 Å². The number of thioether (sulfide) groups is 1. The first-order chi connectivity index (χ1) is 9.78. The second kappa shape index (κ2) is 6.53. The van der Waals surface area contributed by atoms with Crippen molar-refractivity contribution in [2.75, 3.05) is 7.05 Å². The van der Waals surface area contributed by atoms with Gasteiger partial charge in [0.2, 0.25) is 0 Å². The van der Waals surface area contributed by atoms with Crippen molar-refractivity contribution in [2.45, 2.75) is 62.0 Å². The Bertz CT molecular complexity index is 445. The van der Waals surface area contributed by atoms with E-state index in [1.165, 1.54) is 38.5 Å². The highest BCUT2D eigenvalue weighted by Crippen LogP contribution is 2.42. The van der Waals surface area contributed by atoms with Crippen molar-refractivity contribution in [1.82, 2.24) is 5.32 Å². The van der Waals surface area contributed by atoms with Gasteiger partial charge in [-0.05, 0) is 49.8 Å². The van der Waals surface area contributed by atoms with Gasteiger partial charge < -0.3 is 5.32 Å². The van der Waals surface area contributed by atoms with E-state index in [2.05, 4.69) is 55.3 Å². The van der Waals surface area contributed by atoms with E-state index >= 15 is 0 Å². The first-order valence-electron chi connectivity index (χ1n) is 8.18. The Balaban J connectivity index is 1.71. The average molecular weight is 289 g/mol. The third-order valence-electron chi connectivity index (χ3n) is 5.03. The standard InChI is InChI=1S/C18H27NS/c1-13-6-5-8-15(12-13)20-17-11-10-14-7-3-4-9-16(14)18(17)19-2/h3-4,7,9,13,15,17-19H,5-6,8,10-12H2,1-2H3. The molecule has 1 N–H and O–H groups in total. The van der Waals surface area contributed by atoms with Crippen molar-refractivity contribution in [1.29, 1.82) is 0 Å². The summed E-state index contributed by atoms with van der Waals surface area (Å²) in [5.74, 6) is 0.935. The van der Waals surface area contributed by atoms with Crippen LogP contribution in [0.4, 0.5) is 0 Å². The lowest BCUT2D eigenvalue weighted by atomic mass is 9.87. The number of fused-ring (bicyclic) bond motifs is 1. The van der Waals surface area contributed by atoms with Crippen molar-refractivity contribution >= 4 is 11.8 Å². The van der Waals surface area contributed by atoms with Gasteiger partial charge in [0.25, 0.3) is 0 Å². The van der Waals surface area contributed by atoms with Crippen LogP contribution >= 0.6 is 11.8 Å². The van der Waals surface area contributed by atoms with Gasteiger partial charge in [0.1, 0.15) is 0 Å². The lowest BCUT2D eigenvalue weighted by Crippen LogP contribution is -2.34. The molecule has 2 heteroatoms.